The van der Waals surface area contributed by atoms with E-state index in [0.717, 1.165) is 5.56 Å². The van der Waals surface area contributed by atoms with Crippen LogP contribution in [0.25, 0.3) is 0 Å². The number of hydrogen-bond acceptors (Lipinski definition) is 3. The lowest BCUT2D eigenvalue weighted by atomic mass is 9.91. The molecule has 18 heavy (non-hydrogen) atoms. The minimum absolute atomic E-state index is 0.160. The number of hydrogen-bond donors (Lipinski definition) is 1. The highest BCUT2D eigenvalue weighted by Crippen LogP contribution is 2.34. The van der Waals surface area contributed by atoms with E-state index in [2.05, 4.69) is 6.58 Å². The van der Waals surface area contributed by atoms with Gasteiger partial charge in [-0.25, -0.2) is 0 Å². The monoisotopic (exact) mass is 248 g/mol. The molecule has 2 rings (SSSR count). The smallest absolute Gasteiger partial charge is 0.163 e. The predicted octanol–water partition coefficient (Wildman–Crippen LogP) is 2.67. The average molecular weight is 248 g/mol. The van der Waals surface area contributed by atoms with E-state index >= 15 is 0 Å². The van der Waals surface area contributed by atoms with Crippen molar-refractivity contribution < 1.29 is 14.6 Å². The van der Waals surface area contributed by atoms with Crippen LogP contribution in [0.4, 0.5) is 0 Å². The molecule has 0 spiro atoms. The number of ether oxygens (including phenoxy) is 2. The third-order valence-corrected chi connectivity index (χ3v) is 3.24. The fourth-order valence-electron chi connectivity index (χ4n) is 2.26. The molecule has 1 fully saturated rings. The molecule has 1 aromatic carbocycles. The molecule has 3 atom stereocenters. The summed E-state index contributed by atoms with van der Waals surface area (Å²) in [5.41, 5.74) is 0.871. The summed E-state index contributed by atoms with van der Waals surface area (Å²) in [6.45, 7) is 8.04. The first-order valence-corrected chi connectivity index (χ1v) is 6.21. The van der Waals surface area contributed by atoms with E-state index in [0.29, 0.717) is 6.61 Å². The van der Waals surface area contributed by atoms with Crippen molar-refractivity contribution in [2.24, 2.45) is 5.92 Å². The van der Waals surface area contributed by atoms with Crippen LogP contribution in [0, 0.1) is 5.92 Å². The maximum Gasteiger partial charge on any atom is 0.163 e. The van der Waals surface area contributed by atoms with Gasteiger partial charge < -0.3 is 14.6 Å². The molecule has 1 N–H and O–H groups in total. The molecular formula is C15H20O3. The molecule has 0 aliphatic carbocycles. The van der Waals surface area contributed by atoms with Crippen LogP contribution in [0.5, 0.6) is 0 Å². The summed E-state index contributed by atoms with van der Waals surface area (Å²) in [5, 5.41) is 10.4. The van der Waals surface area contributed by atoms with E-state index in [1.165, 1.54) is 0 Å². The Morgan fingerprint density at radius 2 is 2.06 bits per heavy atom. The second-order valence-electron chi connectivity index (χ2n) is 5.04. The van der Waals surface area contributed by atoms with Crippen LogP contribution in [0.3, 0.4) is 0 Å². The highest BCUT2D eigenvalue weighted by Gasteiger charge is 2.39. The van der Waals surface area contributed by atoms with Crippen LogP contribution < -0.4 is 0 Å². The van der Waals surface area contributed by atoms with Gasteiger partial charge in [-0.05, 0) is 19.4 Å². The van der Waals surface area contributed by atoms with Gasteiger partial charge >= 0.3 is 0 Å². The van der Waals surface area contributed by atoms with E-state index in [1.807, 2.05) is 44.2 Å². The Labute approximate surface area is 108 Å². The highest BCUT2D eigenvalue weighted by atomic mass is 16.7. The Balaban J connectivity index is 2.12. The second-order valence-corrected chi connectivity index (χ2v) is 5.04. The fourth-order valence-corrected chi connectivity index (χ4v) is 2.26. The second kappa shape index (κ2) is 5.22. The highest BCUT2D eigenvalue weighted by molar-refractivity contribution is 5.19. The lowest BCUT2D eigenvalue weighted by molar-refractivity contribution is -0.146. The lowest BCUT2D eigenvalue weighted by Crippen LogP contribution is -2.29. The first-order valence-electron chi connectivity index (χ1n) is 6.21. The molecule has 1 aromatic rings. The third-order valence-electron chi connectivity index (χ3n) is 3.24. The molecule has 3 nitrogen and oxygen atoms in total. The van der Waals surface area contributed by atoms with E-state index in [-0.39, 0.29) is 12.0 Å². The molecule has 98 valence electrons. The van der Waals surface area contributed by atoms with E-state index in [4.69, 9.17) is 9.47 Å². The zero-order chi connectivity index (χ0) is 13.2. The molecule has 1 heterocycles. The Morgan fingerprint density at radius 3 is 2.56 bits per heavy atom. The summed E-state index contributed by atoms with van der Waals surface area (Å²) in [7, 11) is 0. The SMILES string of the molecule is C=C[C@@H]([C@H]1COC(C)(C)O1)[C@@H](O)c1ccccc1. The van der Waals surface area contributed by atoms with Gasteiger partial charge in [0.2, 0.25) is 0 Å². The van der Waals surface area contributed by atoms with Gasteiger partial charge in [0.1, 0.15) is 0 Å². The zero-order valence-electron chi connectivity index (χ0n) is 10.9. The standard InChI is InChI=1S/C15H20O3/c1-4-12(13-10-17-15(2,3)18-13)14(16)11-8-6-5-7-9-11/h4-9,12-14,16H,1,10H2,2-3H3/t12-,13+,14-/m0/s1. The summed E-state index contributed by atoms with van der Waals surface area (Å²) >= 11 is 0. The molecule has 0 aromatic heterocycles. The van der Waals surface area contributed by atoms with Crippen molar-refractivity contribution in [2.75, 3.05) is 6.61 Å². The van der Waals surface area contributed by atoms with Crippen molar-refractivity contribution in [3.63, 3.8) is 0 Å². The summed E-state index contributed by atoms with van der Waals surface area (Å²) in [4.78, 5) is 0. The molecule has 1 aliphatic heterocycles. The molecular weight excluding hydrogens is 228 g/mol. The minimum Gasteiger partial charge on any atom is -0.388 e. The maximum atomic E-state index is 10.4. The van der Waals surface area contributed by atoms with Crippen LogP contribution >= 0.6 is 0 Å². The normalized spacial score (nSPS) is 25.6. The molecule has 0 unspecified atom stereocenters. The van der Waals surface area contributed by atoms with Crippen molar-refractivity contribution in [3.05, 3.63) is 48.6 Å². The number of benzene rings is 1. The Bertz CT molecular complexity index is 399. The number of rotatable bonds is 4. The molecule has 0 radical (unpaired) electrons. The Hall–Kier alpha value is -1.16. The molecule has 0 saturated carbocycles. The Kier molecular flexibility index (Phi) is 3.85. The van der Waals surface area contributed by atoms with Gasteiger partial charge in [-0.2, -0.15) is 0 Å². The van der Waals surface area contributed by atoms with Gasteiger partial charge in [0.15, 0.2) is 5.79 Å². The third kappa shape index (κ3) is 2.80. The summed E-state index contributed by atoms with van der Waals surface area (Å²) < 4.78 is 11.3. The summed E-state index contributed by atoms with van der Waals surface area (Å²) in [6, 6.07) is 9.56. The topological polar surface area (TPSA) is 38.7 Å². The minimum atomic E-state index is -0.619. The largest absolute Gasteiger partial charge is 0.388 e. The van der Waals surface area contributed by atoms with Crippen LogP contribution in [0.15, 0.2) is 43.0 Å². The van der Waals surface area contributed by atoms with Crippen molar-refractivity contribution >= 4 is 0 Å². The first kappa shape index (κ1) is 13.3. The van der Waals surface area contributed by atoms with Gasteiger partial charge in [-0.15, -0.1) is 6.58 Å². The average Bonchev–Trinajstić information content (AvgIpc) is 2.71. The van der Waals surface area contributed by atoms with Crippen molar-refractivity contribution in [2.45, 2.75) is 31.8 Å². The van der Waals surface area contributed by atoms with Crippen LogP contribution in [-0.2, 0) is 9.47 Å². The zero-order valence-corrected chi connectivity index (χ0v) is 10.9. The summed E-state index contributed by atoms with van der Waals surface area (Å²) in [6.07, 6.45) is 0.964. The van der Waals surface area contributed by atoms with Gasteiger partial charge in [0, 0.05) is 5.92 Å². The summed E-state index contributed by atoms with van der Waals surface area (Å²) in [5.74, 6) is -0.753. The van der Waals surface area contributed by atoms with Gasteiger partial charge in [-0.1, -0.05) is 36.4 Å². The fraction of sp³-hybridized carbons (Fsp3) is 0.467. The van der Waals surface area contributed by atoms with Gasteiger partial charge in [0.05, 0.1) is 18.8 Å². The molecule has 0 bridgehead atoms. The number of aliphatic hydroxyl groups excluding tert-OH is 1. The molecule has 1 saturated heterocycles. The van der Waals surface area contributed by atoms with Gasteiger partial charge in [-0.3, -0.25) is 0 Å². The van der Waals surface area contributed by atoms with Crippen LogP contribution in [0.1, 0.15) is 25.5 Å². The van der Waals surface area contributed by atoms with Crippen molar-refractivity contribution in [1.29, 1.82) is 0 Å². The lowest BCUT2D eigenvalue weighted by Gasteiger charge is -2.26. The quantitative estimate of drug-likeness (QED) is 0.833. The van der Waals surface area contributed by atoms with E-state index in [9.17, 15) is 5.11 Å². The van der Waals surface area contributed by atoms with E-state index < -0.39 is 11.9 Å². The van der Waals surface area contributed by atoms with Gasteiger partial charge in [0.25, 0.3) is 0 Å². The van der Waals surface area contributed by atoms with Crippen molar-refractivity contribution in [3.8, 4) is 0 Å². The maximum absolute atomic E-state index is 10.4. The predicted molar refractivity (Wildman–Crippen MR) is 70.0 cm³/mol. The molecule has 0 amide bonds. The Morgan fingerprint density at radius 1 is 1.39 bits per heavy atom. The van der Waals surface area contributed by atoms with Crippen LogP contribution in [-0.4, -0.2) is 23.6 Å². The molecule has 1 aliphatic rings. The van der Waals surface area contributed by atoms with Crippen molar-refractivity contribution in [1.82, 2.24) is 0 Å². The first-order chi connectivity index (χ1) is 8.53. The molecule has 3 heteroatoms. The number of aliphatic hydroxyl groups is 1. The van der Waals surface area contributed by atoms with Crippen LogP contribution in [0.2, 0.25) is 0 Å². The van der Waals surface area contributed by atoms with E-state index in [1.54, 1.807) is 6.08 Å².